The molecule has 14 nitrogen and oxygen atoms in total. The van der Waals surface area contributed by atoms with Crippen molar-refractivity contribution in [1.82, 2.24) is 15.6 Å². The Morgan fingerprint density at radius 2 is 1.83 bits per heavy atom. The number of rotatable bonds is 15. The molecule has 9 atom stereocenters. The number of hydrogen-bond acceptors (Lipinski definition) is 13. The van der Waals surface area contributed by atoms with Crippen LogP contribution in [0.4, 0.5) is 5.82 Å². The van der Waals surface area contributed by atoms with Crippen LogP contribution in [0.2, 0.25) is 0 Å². The molecule has 1 saturated carbocycles. The Balaban J connectivity index is 1.12. The van der Waals surface area contributed by atoms with Gasteiger partial charge < -0.3 is 55.5 Å². The molecule has 0 radical (unpaired) electrons. The van der Waals surface area contributed by atoms with Gasteiger partial charge in [-0.1, -0.05) is 31.1 Å². The van der Waals surface area contributed by atoms with E-state index >= 15 is 0 Å². The predicted molar refractivity (Wildman–Crippen MR) is 221 cm³/mol. The van der Waals surface area contributed by atoms with Crippen molar-refractivity contribution in [2.45, 2.75) is 114 Å². The summed E-state index contributed by atoms with van der Waals surface area (Å²) in [4.78, 5) is 17.6. The number of aliphatic hydroxyl groups excluding tert-OH is 2. The maximum atomic E-state index is 13.3. The number of benzene rings is 2. The van der Waals surface area contributed by atoms with E-state index in [4.69, 9.17) is 24.7 Å². The number of aromatic hydroxyl groups is 2. The third-order valence-corrected chi connectivity index (χ3v) is 13.2. The zero-order valence-corrected chi connectivity index (χ0v) is 34.2. The standard InChI is InChI=1S/C45H60N4O10/c1-26-22-44(13-4-5-14-44)45(33(9-10-34(45)43(54)55)29-12-15-48-41(46)19-29)40(49-26)24-57-39-18-30(17-38(56-3)42(39)53)36-21-31(51)20-32(59-36)8-6-28-7-11-35(52)37(16-28)58-25-47-23-27(2)50/h7,9-12,15-19,26-27,31-34,36,40,47,49-53H,4-6,8,13-14,20-25H2,1-3H3,(H2,46,48)(H,54,55). The number of nitrogens with two attached hydrogens (primary N) is 1. The van der Waals surface area contributed by atoms with Crippen LogP contribution in [-0.2, 0) is 16.0 Å². The number of nitrogens with zero attached hydrogens (tertiary/aromatic N) is 1. The maximum absolute atomic E-state index is 13.3. The Kier molecular flexibility index (Phi) is 12.9. The number of nitrogens with one attached hydrogen (secondary N) is 2. The minimum absolute atomic E-state index is 0.0126. The number of carboxylic acids is 1. The van der Waals surface area contributed by atoms with Crippen molar-refractivity contribution in [2.75, 3.05) is 32.7 Å². The van der Waals surface area contributed by atoms with E-state index in [1.807, 2.05) is 30.4 Å². The van der Waals surface area contributed by atoms with Gasteiger partial charge in [0.15, 0.2) is 23.0 Å². The second-order valence-corrected chi connectivity index (χ2v) is 17.1. The van der Waals surface area contributed by atoms with Gasteiger partial charge in [0.1, 0.15) is 19.2 Å². The van der Waals surface area contributed by atoms with Crippen molar-refractivity contribution in [3.63, 3.8) is 0 Å². The van der Waals surface area contributed by atoms with Gasteiger partial charge in [0.05, 0.1) is 37.4 Å². The second kappa shape index (κ2) is 17.9. The molecule has 2 aliphatic carbocycles. The molecule has 0 amide bonds. The summed E-state index contributed by atoms with van der Waals surface area (Å²) in [5.74, 6) is -1.04. The van der Waals surface area contributed by atoms with E-state index in [1.54, 1.807) is 37.4 Å². The minimum Gasteiger partial charge on any atom is -0.504 e. The zero-order chi connectivity index (χ0) is 41.9. The Morgan fingerprint density at radius 3 is 2.56 bits per heavy atom. The highest BCUT2D eigenvalue weighted by Gasteiger charge is 2.68. The SMILES string of the molecule is COc1cc(C2CC(O)CC(CCc3ccc(O)c(OCNCC(C)O)c3)O2)cc(OCC2NC(C)CC3(CCCC3)C23C(C(=O)O)C=CC3c2ccnc(N)c2)c1O. The molecule has 0 bridgehead atoms. The van der Waals surface area contributed by atoms with E-state index in [0.717, 1.165) is 43.2 Å². The second-order valence-electron chi connectivity index (χ2n) is 17.1. The third-order valence-electron chi connectivity index (χ3n) is 13.2. The summed E-state index contributed by atoms with van der Waals surface area (Å²) in [6, 6.07) is 12.1. The van der Waals surface area contributed by atoms with Crippen LogP contribution in [0.15, 0.2) is 60.8 Å². The number of nitrogen functional groups attached to an aromatic ring is 1. The quantitative estimate of drug-likeness (QED) is 0.0553. The minimum atomic E-state index is -0.882. The lowest BCUT2D eigenvalue weighted by molar-refractivity contribution is -0.158. The third kappa shape index (κ3) is 8.69. The van der Waals surface area contributed by atoms with Crippen molar-refractivity contribution in [1.29, 1.82) is 0 Å². The fourth-order valence-corrected chi connectivity index (χ4v) is 10.9. The number of pyridine rings is 1. The maximum Gasteiger partial charge on any atom is 0.311 e. The number of piperidine rings is 1. The number of carboxylic acid groups (broad SMARTS) is 1. The normalized spacial score (nSPS) is 29.1. The number of phenolic OH excluding ortho intramolecular Hbond substituents is 2. The number of fused-ring (bicyclic) bond motifs is 1. The number of hydrogen-bond donors (Lipinski definition) is 8. The molecular formula is C45H60N4O10. The van der Waals surface area contributed by atoms with Crippen molar-refractivity contribution >= 4 is 11.8 Å². The van der Waals surface area contributed by atoms with Crippen LogP contribution in [0.25, 0.3) is 0 Å². The summed E-state index contributed by atoms with van der Waals surface area (Å²) in [6.45, 7) is 4.37. The molecule has 2 aliphatic heterocycles. The predicted octanol–water partition coefficient (Wildman–Crippen LogP) is 5.33. The molecule has 59 heavy (non-hydrogen) atoms. The van der Waals surface area contributed by atoms with Crippen molar-refractivity contribution < 1.29 is 49.3 Å². The number of methoxy groups -OCH3 is 1. The molecular weight excluding hydrogens is 757 g/mol. The van der Waals surface area contributed by atoms with Gasteiger partial charge in [0.25, 0.3) is 0 Å². The Bertz CT molecular complexity index is 1970. The van der Waals surface area contributed by atoms with Crippen LogP contribution in [0, 0.1) is 16.7 Å². The number of ether oxygens (including phenoxy) is 4. The topological polar surface area (TPSA) is 218 Å². The number of anilines is 1. The molecule has 3 heterocycles. The number of allylic oxidation sites excluding steroid dienone is 1. The fraction of sp³-hybridized carbons (Fsp3) is 0.556. The highest BCUT2D eigenvalue weighted by molar-refractivity contribution is 5.76. The van der Waals surface area contributed by atoms with Crippen molar-refractivity contribution in [3.05, 3.63) is 77.5 Å². The van der Waals surface area contributed by atoms with E-state index in [1.165, 1.54) is 7.11 Å². The van der Waals surface area contributed by atoms with Gasteiger partial charge in [-0.2, -0.15) is 0 Å². The van der Waals surface area contributed by atoms with E-state index < -0.39 is 41.7 Å². The van der Waals surface area contributed by atoms with E-state index in [2.05, 4.69) is 22.5 Å². The monoisotopic (exact) mass is 816 g/mol. The first-order valence-electron chi connectivity index (χ1n) is 20.9. The molecule has 4 aliphatic rings. The molecule has 2 spiro atoms. The highest BCUT2D eigenvalue weighted by Crippen LogP contribution is 2.69. The number of aliphatic carboxylic acids is 1. The number of phenols is 2. The summed E-state index contributed by atoms with van der Waals surface area (Å²) >= 11 is 0. The molecule has 14 heteroatoms. The Morgan fingerprint density at radius 1 is 1.05 bits per heavy atom. The van der Waals surface area contributed by atoms with E-state index in [0.29, 0.717) is 49.4 Å². The number of carbonyl (C=O) groups is 1. The molecule has 2 aromatic carbocycles. The first-order chi connectivity index (χ1) is 28.3. The molecule has 320 valence electrons. The van der Waals surface area contributed by atoms with Gasteiger partial charge in [0, 0.05) is 42.6 Å². The summed E-state index contributed by atoms with van der Waals surface area (Å²) in [7, 11) is 1.47. The van der Waals surface area contributed by atoms with E-state index in [9.17, 15) is 30.3 Å². The van der Waals surface area contributed by atoms with Gasteiger partial charge in [-0.15, -0.1) is 0 Å². The molecule has 3 aromatic rings. The van der Waals surface area contributed by atoms with E-state index in [-0.39, 0.29) is 59.8 Å². The van der Waals surface area contributed by atoms with Gasteiger partial charge in [-0.25, -0.2) is 4.98 Å². The van der Waals surface area contributed by atoms with Crippen molar-refractivity contribution in [3.8, 4) is 28.7 Å². The van der Waals surface area contributed by atoms with Gasteiger partial charge >= 0.3 is 5.97 Å². The van der Waals surface area contributed by atoms with Crippen LogP contribution < -0.4 is 30.6 Å². The average Bonchev–Trinajstić information content (AvgIpc) is 3.84. The zero-order valence-electron chi connectivity index (χ0n) is 34.2. The number of aromatic nitrogens is 1. The van der Waals surface area contributed by atoms with Gasteiger partial charge in [-0.3, -0.25) is 10.1 Å². The number of aryl methyl sites for hydroxylation is 1. The highest BCUT2D eigenvalue weighted by atomic mass is 16.5. The van der Waals surface area contributed by atoms with Crippen molar-refractivity contribution in [2.24, 2.45) is 16.7 Å². The van der Waals surface area contributed by atoms with Gasteiger partial charge in [0.2, 0.25) is 5.75 Å². The van der Waals surface area contributed by atoms with Crippen LogP contribution in [-0.4, -0.2) is 93.9 Å². The Hall–Kier alpha value is -4.60. The lowest BCUT2D eigenvalue weighted by atomic mass is 9.46. The summed E-state index contributed by atoms with van der Waals surface area (Å²) in [5.41, 5.74) is 7.62. The molecule has 2 saturated heterocycles. The molecule has 9 unspecified atom stereocenters. The van der Waals surface area contributed by atoms with Crippen LogP contribution >= 0.6 is 0 Å². The lowest BCUT2D eigenvalue weighted by Gasteiger charge is -2.61. The fourth-order valence-electron chi connectivity index (χ4n) is 10.9. The van der Waals surface area contributed by atoms with Gasteiger partial charge in [-0.05, 0) is 111 Å². The smallest absolute Gasteiger partial charge is 0.311 e. The molecule has 9 N–H and O–H groups in total. The molecule has 7 rings (SSSR count). The van der Waals surface area contributed by atoms with Crippen LogP contribution in [0.1, 0.15) is 93.9 Å². The van der Waals surface area contributed by atoms with Crippen LogP contribution in [0.5, 0.6) is 28.7 Å². The Labute approximate surface area is 345 Å². The summed E-state index contributed by atoms with van der Waals surface area (Å²) in [6.07, 6.45) is 10.2. The summed E-state index contributed by atoms with van der Waals surface area (Å²) < 4.78 is 24.6. The largest absolute Gasteiger partial charge is 0.504 e. The first kappa shape index (κ1) is 42.5. The first-order valence-corrected chi connectivity index (χ1v) is 20.9. The average molecular weight is 817 g/mol. The molecule has 1 aromatic heterocycles. The van der Waals surface area contributed by atoms with Crippen LogP contribution in [0.3, 0.4) is 0 Å². The summed E-state index contributed by atoms with van der Waals surface area (Å²) in [5, 5.41) is 60.0. The lowest BCUT2D eigenvalue weighted by Crippen LogP contribution is -2.68. The number of aliphatic hydroxyl groups is 2. The molecule has 3 fully saturated rings.